The third kappa shape index (κ3) is 4.10. The fourth-order valence-electron chi connectivity index (χ4n) is 1.81. The third-order valence-corrected chi connectivity index (χ3v) is 3.61. The molecular weight excluding hydrogens is 317 g/mol. The minimum atomic E-state index is -0.357. The lowest BCUT2D eigenvalue weighted by molar-refractivity contribution is 0.102. The molecule has 2 aromatic heterocycles. The topological polar surface area (TPSA) is 64.1 Å². The van der Waals surface area contributed by atoms with Crippen molar-refractivity contribution in [2.45, 2.75) is 6.61 Å². The van der Waals surface area contributed by atoms with Crippen LogP contribution in [0.15, 0.2) is 54.2 Å². The summed E-state index contributed by atoms with van der Waals surface area (Å²) in [6.45, 7) is 0.192. The highest BCUT2D eigenvalue weighted by Crippen LogP contribution is 2.15. The Morgan fingerprint density at radius 2 is 2.17 bits per heavy atom. The summed E-state index contributed by atoms with van der Waals surface area (Å²) in [5.74, 6) is -0.202. The van der Waals surface area contributed by atoms with Gasteiger partial charge in [0.2, 0.25) is 0 Å². The first-order chi connectivity index (χ1) is 11.2. The maximum atomic E-state index is 13.0. The van der Waals surface area contributed by atoms with E-state index >= 15 is 0 Å². The van der Waals surface area contributed by atoms with Gasteiger partial charge in [-0.2, -0.15) is 0 Å². The first kappa shape index (κ1) is 15.1. The normalized spacial score (nSPS) is 10.3. The summed E-state index contributed by atoms with van der Waals surface area (Å²) in [4.78, 5) is 20.1. The second-order valence-corrected chi connectivity index (χ2v) is 5.47. The molecule has 0 spiro atoms. The zero-order valence-corrected chi connectivity index (χ0v) is 12.7. The summed E-state index contributed by atoms with van der Waals surface area (Å²) in [7, 11) is 0. The largest absolute Gasteiger partial charge is 0.487 e. The Balaban J connectivity index is 1.59. The number of benzene rings is 1. The van der Waals surface area contributed by atoms with E-state index in [0.717, 1.165) is 0 Å². The molecule has 0 bridgehead atoms. The molecule has 0 atom stereocenters. The molecule has 0 fully saturated rings. The van der Waals surface area contributed by atoms with Crippen LogP contribution in [0.5, 0.6) is 5.75 Å². The zero-order chi connectivity index (χ0) is 16.1. The number of nitrogens with one attached hydrogen (secondary N) is 1. The first-order valence-corrected chi connectivity index (χ1v) is 7.63. The van der Waals surface area contributed by atoms with E-state index in [4.69, 9.17) is 4.74 Å². The number of nitrogens with zero attached hydrogens (tertiary/aromatic N) is 2. The van der Waals surface area contributed by atoms with Crippen molar-refractivity contribution in [3.8, 4) is 5.75 Å². The van der Waals surface area contributed by atoms with E-state index in [-0.39, 0.29) is 18.3 Å². The number of aromatic nitrogens is 2. The van der Waals surface area contributed by atoms with Crippen molar-refractivity contribution in [3.63, 3.8) is 0 Å². The van der Waals surface area contributed by atoms with Crippen LogP contribution in [0.25, 0.3) is 0 Å². The molecule has 2 heterocycles. The summed E-state index contributed by atoms with van der Waals surface area (Å²) in [6, 6.07) is 9.23. The molecule has 0 saturated carbocycles. The molecule has 0 aliphatic rings. The summed E-state index contributed by atoms with van der Waals surface area (Å²) in [5.41, 5.74) is 1.06. The number of halogens is 1. The number of hydrogen-bond acceptors (Lipinski definition) is 5. The number of carbonyl (C=O) groups excluding carboxylic acids is 1. The number of thiazole rings is 1. The monoisotopic (exact) mass is 329 g/mol. The highest BCUT2D eigenvalue weighted by Gasteiger charge is 2.08. The van der Waals surface area contributed by atoms with Gasteiger partial charge in [-0.25, -0.2) is 9.37 Å². The summed E-state index contributed by atoms with van der Waals surface area (Å²) >= 11 is 1.34. The predicted octanol–water partition coefficient (Wildman–Crippen LogP) is 3.51. The van der Waals surface area contributed by atoms with Crippen LogP contribution in [0.3, 0.4) is 0 Å². The van der Waals surface area contributed by atoms with E-state index in [2.05, 4.69) is 15.3 Å². The van der Waals surface area contributed by atoms with E-state index in [1.807, 2.05) is 0 Å². The summed E-state index contributed by atoms with van der Waals surface area (Å²) < 4.78 is 18.5. The lowest BCUT2D eigenvalue weighted by Crippen LogP contribution is -2.12. The SMILES string of the molecule is O=C(Nc1nccs1)c1ccc(COc2cccc(F)c2)nc1. The summed E-state index contributed by atoms with van der Waals surface area (Å²) in [6.07, 6.45) is 3.08. The number of amides is 1. The molecule has 116 valence electrons. The minimum absolute atomic E-state index is 0.192. The van der Waals surface area contributed by atoms with Crippen molar-refractivity contribution < 1.29 is 13.9 Å². The second kappa shape index (κ2) is 6.97. The molecule has 5 nitrogen and oxygen atoms in total. The van der Waals surface area contributed by atoms with Gasteiger partial charge < -0.3 is 4.74 Å². The zero-order valence-electron chi connectivity index (χ0n) is 11.9. The van der Waals surface area contributed by atoms with Gasteiger partial charge in [-0.05, 0) is 24.3 Å². The van der Waals surface area contributed by atoms with E-state index in [9.17, 15) is 9.18 Å². The Morgan fingerprint density at radius 1 is 1.26 bits per heavy atom. The lowest BCUT2D eigenvalue weighted by Gasteiger charge is -2.06. The minimum Gasteiger partial charge on any atom is -0.487 e. The van der Waals surface area contributed by atoms with Gasteiger partial charge in [0.15, 0.2) is 5.13 Å². The smallest absolute Gasteiger partial charge is 0.259 e. The average molecular weight is 329 g/mol. The van der Waals surface area contributed by atoms with Crippen LogP contribution >= 0.6 is 11.3 Å². The summed E-state index contributed by atoms with van der Waals surface area (Å²) in [5, 5.41) is 4.99. The van der Waals surface area contributed by atoms with Gasteiger partial charge in [-0.15, -0.1) is 11.3 Å². The molecule has 0 aliphatic heterocycles. The van der Waals surface area contributed by atoms with Crippen LogP contribution in [0.2, 0.25) is 0 Å². The molecule has 1 N–H and O–H groups in total. The van der Waals surface area contributed by atoms with E-state index < -0.39 is 0 Å². The van der Waals surface area contributed by atoms with Crippen molar-refractivity contribution >= 4 is 22.4 Å². The Bertz CT molecular complexity index is 791. The standard InChI is InChI=1S/C16H12FN3O2S/c17-12-2-1-3-14(8-12)22-10-13-5-4-11(9-19-13)15(21)20-16-18-6-7-23-16/h1-9H,10H2,(H,18,20,21). The maximum Gasteiger partial charge on any atom is 0.259 e. The third-order valence-electron chi connectivity index (χ3n) is 2.92. The van der Waals surface area contributed by atoms with Crippen LogP contribution in [0.1, 0.15) is 16.1 Å². The molecule has 0 saturated heterocycles. The predicted molar refractivity (Wildman–Crippen MR) is 85.0 cm³/mol. The fourth-order valence-corrected chi connectivity index (χ4v) is 2.34. The molecule has 7 heteroatoms. The van der Waals surface area contributed by atoms with Gasteiger partial charge in [-0.1, -0.05) is 6.07 Å². The number of anilines is 1. The molecule has 23 heavy (non-hydrogen) atoms. The average Bonchev–Trinajstić information content (AvgIpc) is 3.06. The molecule has 3 rings (SSSR count). The second-order valence-electron chi connectivity index (χ2n) is 4.58. The number of ether oxygens (including phenoxy) is 1. The van der Waals surface area contributed by atoms with E-state index in [1.54, 1.807) is 35.8 Å². The lowest BCUT2D eigenvalue weighted by atomic mass is 10.2. The molecule has 0 unspecified atom stereocenters. The molecule has 3 aromatic rings. The number of rotatable bonds is 5. The van der Waals surface area contributed by atoms with Crippen LogP contribution < -0.4 is 10.1 Å². The van der Waals surface area contributed by atoms with Crippen LogP contribution in [-0.4, -0.2) is 15.9 Å². The van der Waals surface area contributed by atoms with Crippen molar-refractivity contribution in [1.82, 2.24) is 9.97 Å². The van der Waals surface area contributed by atoms with Gasteiger partial charge in [0.25, 0.3) is 5.91 Å². The van der Waals surface area contributed by atoms with Gasteiger partial charge in [0.05, 0.1) is 11.3 Å². The highest BCUT2D eigenvalue weighted by atomic mass is 32.1. The van der Waals surface area contributed by atoms with Crippen LogP contribution in [0.4, 0.5) is 9.52 Å². The maximum absolute atomic E-state index is 13.0. The van der Waals surface area contributed by atoms with Crippen molar-refractivity contribution in [3.05, 3.63) is 71.2 Å². The van der Waals surface area contributed by atoms with Gasteiger partial charge in [0, 0.05) is 23.8 Å². The Labute approximate surface area is 135 Å². The Kier molecular flexibility index (Phi) is 4.58. The molecule has 1 amide bonds. The van der Waals surface area contributed by atoms with Crippen molar-refractivity contribution in [1.29, 1.82) is 0 Å². The quantitative estimate of drug-likeness (QED) is 0.778. The van der Waals surface area contributed by atoms with Gasteiger partial charge >= 0.3 is 0 Å². The van der Waals surface area contributed by atoms with E-state index in [0.29, 0.717) is 22.1 Å². The molecule has 1 aromatic carbocycles. The number of hydrogen-bond donors (Lipinski definition) is 1. The number of carbonyl (C=O) groups is 1. The van der Waals surface area contributed by atoms with Gasteiger partial charge in [0.1, 0.15) is 18.2 Å². The van der Waals surface area contributed by atoms with Crippen LogP contribution in [-0.2, 0) is 6.61 Å². The van der Waals surface area contributed by atoms with Gasteiger partial charge in [-0.3, -0.25) is 15.1 Å². The first-order valence-electron chi connectivity index (χ1n) is 6.75. The Hall–Kier alpha value is -2.80. The molecule has 0 aliphatic carbocycles. The van der Waals surface area contributed by atoms with Crippen molar-refractivity contribution in [2.75, 3.05) is 5.32 Å². The Morgan fingerprint density at radius 3 is 2.87 bits per heavy atom. The van der Waals surface area contributed by atoms with Crippen LogP contribution in [0, 0.1) is 5.82 Å². The fraction of sp³-hybridized carbons (Fsp3) is 0.0625. The molecular formula is C16H12FN3O2S. The van der Waals surface area contributed by atoms with Crippen molar-refractivity contribution in [2.24, 2.45) is 0 Å². The highest BCUT2D eigenvalue weighted by molar-refractivity contribution is 7.13. The number of pyridine rings is 1. The molecule has 0 radical (unpaired) electrons. The van der Waals surface area contributed by atoms with E-state index in [1.165, 1.54) is 29.7 Å².